The SMILES string of the molecule is Nc1ccc2c(C(=O)N[C@@H]3CN4CCC3CC4)nsc2c1. The van der Waals surface area contributed by atoms with E-state index in [0.717, 1.165) is 16.6 Å². The molecule has 1 aromatic carbocycles. The number of nitrogens with one attached hydrogen (secondary N) is 1. The molecule has 0 unspecified atom stereocenters. The monoisotopic (exact) mass is 302 g/mol. The second-order valence-corrected chi connectivity index (χ2v) is 6.81. The molecule has 1 aromatic heterocycles. The molecule has 3 N–H and O–H groups in total. The summed E-state index contributed by atoms with van der Waals surface area (Å²) in [6, 6.07) is 5.85. The van der Waals surface area contributed by atoms with E-state index in [1.807, 2.05) is 18.2 Å². The van der Waals surface area contributed by atoms with Crippen LogP contribution in [-0.2, 0) is 0 Å². The predicted octanol–water partition coefficient (Wildman–Crippen LogP) is 1.70. The largest absolute Gasteiger partial charge is 0.399 e. The van der Waals surface area contributed by atoms with Crippen molar-refractivity contribution in [3.8, 4) is 0 Å². The van der Waals surface area contributed by atoms with Crippen molar-refractivity contribution in [3.05, 3.63) is 23.9 Å². The Morgan fingerprint density at radius 3 is 2.90 bits per heavy atom. The van der Waals surface area contributed by atoms with Gasteiger partial charge in [-0.2, -0.15) is 4.37 Å². The van der Waals surface area contributed by atoms with Crippen LogP contribution in [0.3, 0.4) is 0 Å². The fourth-order valence-electron chi connectivity index (χ4n) is 3.48. The van der Waals surface area contributed by atoms with E-state index in [1.165, 1.54) is 37.5 Å². The Labute approximate surface area is 127 Å². The van der Waals surface area contributed by atoms with Crippen molar-refractivity contribution in [1.29, 1.82) is 0 Å². The lowest BCUT2D eigenvalue weighted by atomic mass is 9.84. The highest BCUT2D eigenvalue weighted by atomic mass is 32.1. The third-order valence-electron chi connectivity index (χ3n) is 4.68. The number of rotatable bonds is 2. The number of anilines is 1. The molecule has 5 nitrogen and oxygen atoms in total. The van der Waals surface area contributed by atoms with Gasteiger partial charge in [0.1, 0.15) is 5.69 Å². The van der Waals surface area contributed by atoms with Crippen molar-refractivity contribution in [2.24, 2.45) is 5.92 Å². The van der Waals surface area contributed by atoms with E-state index in [1.54, 1.807) is 0 Å². The fraction of sp³-hybridized carbons (Fsp3) is 0.467. The summed E-state index contributed by atoms with van der Waals surface area (Å²) in [6.07, 6.45) is 2.39. The molecule has 3 fully saturated rings. The first-order valence-electron chi connectivity index (χ1n) is 7.39. The van der Waals surface area contributed by atoms with E-state index < -0.39 is 0 Å². The van der Waals surface area contributed by atoms with Crippen LogP contribution in [-0.4, -0.2) is 40.9 Å². The van der Waals surface area contributed by atoms with Crippen LogP contribution < -0.4 is 11.1 Å². The van der Waals surface area contributed by atoms with E-state index in [-0.39, 0.29) is 11.9 Å². The van der Waals surface area contributed by atoms with Crippen molar-refractivity contribution < 1.29 is 4.79 Å². The van der Waals surface area contributed by atoms with Gasteiger partial charge in [-0.25, -0.2) is 0 Å². The third-order valence-corrected chi connectivity index (χ3v) is 5.49. The summed E-state index contributed by atoms with van der Waals surface area (Å²) in [7, 11) is 0. The molecule has 4 heterocycles. The Kier molecular flexibility index (Phi) is 3.08. The van der Waals surface area contributed by atoms with Gasteiger partial charge >= 0.3 is 0 Å². The molecule has 5 rings (SSSR count). The molecule has 0 saturated carbocycles. The van der Waals surface area contributed by atoms with Gasteiger partial charge in [-0.05, 0) is 61.6 Å². The normalized spacial score (nSPS) is 27.9. The van der Waals surface area contributed by atoms with E-state index >= 15 is 0 Å². The zero-order chi connectivity index (χ0) is 14.4. The first kappa shape index (κ1) is 13.0. The number of amides is 1. The van der Waals surface area contributed by atoms with Crippen molar-refractivity contribution in [3.63, 3.8) is 0 Å². The van der Waals surface area contributed by atoms with E-state index in [0.29, 0.717) is 17.3 Å². The number of benzene rings is 1. The van der Waals surface area contributed by atoms with E-state index in [9.17, 15) is 4.79 Å². The molecule has 110 valence electrons. The lowest BCUT2D eigenvalue weighted by Crippen LogP contribution is -2.57. The van der Waals surface area contributed by atoms with Crippen LogP contribution in [0.1, 0.15) is 23.3 Å². The number of nitrogens with zero attached hydrogens (tertiary/aromatic N) is 2. The highest BCUT2D eigenvalue weighted by molar-refractivity contribution is 7.13. The zero-order valence-electron chi connectivity index (χ0n) is 11.7. The molecule has 2 aromatic rings. The first-order valence-corrected chi connectivity index (χ1v) is 8.16. The quantitative estimate of drug-likeness (QED) is 0.828. The number of carbonyl (C=O) groups excluding carboxylic acids is 1. The Bertz CT molecular complexity index is 690. The standard InChI is InChI=1S/C15H18N4OS/c16-10-1-2-11-13(7-10)21-18-14(11)15(20)17-12-8-19-5-3-9(12)4-6-19/h1-2,7,9,12H,3-6,8,16H2,(H,17,20)/t12-/m1/s1. The van der Waals surface area contributed by atoms with Gasteiger partial charge in [0.25, 0.3) is 5.91 Å². The summed E-state index contributed by atoms with van der Waals surface area (Å²) in [5.74, 6) is 0.573. The zero-order valence-corrected chi connectivity index (χ0v) is 12.5. The molecule has 2 bridgehead atoms. The van der Waals surface area contributed by atoms with Crippen molar-refractivity contribution in [1.82, 2.24) is 14.6 Å². The van der Waals surface area contributed by atoms with Gasteiger partial charge in [0.2, 0.25) is 0 Å². The molecular weight excluding hydrogens is 284 g/mol. The van der Waals surface area contributed by atoms with Gasteiger partial charge in [-0.1, -0.05) is 0 Å². The minimum absolute atomic E-state index is 0.0511. The Morgan fingerprint density at radius 1 is 1.38 bits per heavy atom. The van der Waals surface area contributed by atoms with Crippen molar-refractivity contribution in [2.75, 3.05) is 25.4 Å². The second kappa shape index (κ2) is 4.96. The molecule has 1 atom stereocenters. The lowest BCUT2D eigenvalue weighted by molar-refractivity contribution is 0.0619. The van der Waals surface area contributed by atoms with Gasteiger partial charge < -0.3 is 16.0 Å². The maximum absolute atomic E-state index is 12.5. The number of hydrogen-bond acceptors (Lipinski definition) is 5. The maximum Gasteiger partial charge on any atom is 0.271 e. The summed E-state index contributed by atoms with van der Waals surface area (Å²) in [5.41, 5.74) is 7.01. The molecule has 21 heavy (non-hydrogen) atoms. The molecule has 3 aliphatic heterocycles. The van der Waals surface area contributed by atoms with Gasteiger partial charge in [0.15, 0.2) is 0 Å². The van der Waals surface area contributed by atoms with Crippen molar-refractivity contribution >= 4 is 33.2 Å². The summed E-state index contributed by atoms with van der Waals surface area (Å²) in [6.45, 7) is 3.33. The summed E-state index contributed by atoms with van der Waals surface area (Å²) >= 11 is 1.33. The van der Waals surface area contributed by atoms with Gasteiger partial charge in [-0.15, -0.1) is 0 Å². The summed E-state index contributed by atoms with van der Waals surface area (Å²) < 4.78 is 5.29. The number of fused-ring (bicyclic) bond motifs is 4. The minimum atomic E-state index is -0.0511. The maximum atomic E-state index is 12.5. The molecule has 6 heteroatoms. The molecule has 0 aliphatic carbocycles. The van der Waals surface area contributed by atoms with Crippen LogP contribution in [0.25, 0.3) is 10.1 Å². The summed E-state index contributed by atoms with van der Waals surface area (Å²) in [4.78, 5) is 15.0. The Balaban J connectivity index is 1.56. The number of carbonyl (C=O) groups is 1. The average Bonchev–Trinajstić information content (AvgIpc) is 2.91. The van der Waals surface area contributed by atoms with Crippen LogP contribution in [0, 0.1) is 5.92 Å². The van der Waals surface area contributed by atoms with Gasteiger partial charge in [0, 0.05) is 23.7 Å². The number of nitrogen functional groups attached to an aromatic ring is 1. The van der Waals surface area contributed by atoms with Crippen molar-refractivity contribution in [2.45, 2.75) is 18.9 Å². The molecule has 3 saturated heterocycles. The molecule has 0 spiro atoms. The van der Waals surface area contributed by atoms with E-state index in [4.69, 9.17) is 5.73 Å². The summed E-state index contributed by atoms with van der Waals surface area (Å²) in [5, 5.41) is 4.09. The number of piperidine rings is 3. The molecule has 0 radical (unpaired) electrons. The third kappa shape index (κ3) is 2.28. The lowest BCUT2D eigenvalue weighted by Gasteiger charge is -2.44. The highest BCUT2D eigenvalue weighted by Gasteiger charge is 2.35. The van der Waals surface area contributed by atoms with Crippen LogP contribution in [0.15, 0.2) is 18.2 Å². The van der Waals surface area contributed by atoms with Gasteiger partial charge in [-0.3, -0.25) is 4.79 Å². The van der Waals surface area contributed by atoms with Crippen LogP contribution in [0.5, 0.6) is 0 Å². The molecule has 3 aliphatic rings. The number of aromatic nitrogens is 1. The second-order valence-electron chi connectivity index (χ2n) is 6.00. The minimum Gasteiger partial charge on any atom is -0.399 e. The smallest absolute Gasteiger partial charge is 0.271 e. The van der Waals surface area contributed by atoms with Crippen LogP contribution in [0.2, 0.25) is 0 Å². The first-order chi connectivity index (χ1) is 10.2. The van der Waals surface area contributed by atoms with Gasteiger partial charge in [0.05, 0.1) is 4.70 Å². The topological polar surface area (TPSA) is 71.2 Å². The molecular formula is C15H18N4OS. The predicted molar refractivity (Wildman–Crippen MR) is 84.5 cm³/mol. The Hall–Kier alpha value is -1.66. The van der Waals surface area contributed by atoms with E-state index in [2.05, 4.69) is 14.6 Å². The van der Waals surface area contributed by atoms with Crippen LogP contribution in [0.4, 0.5) is 5.69 Å². The number of nitrogens with two attached hydrogens (primary N) is 1. The number of hydrogen-bond donors (Lipinski definition) is 2. The highest BCUT2D eigenvalue weighted by Crippen LogP contribution is 2.29. The average molecular weight is 302 g/mol. The molecule has 1 amide bonds. The Morgan fingerprint density at radius 2 is 2.19 bits per heavy atom. The fourth-order valence-corrected chi connectivity index (χ4v) is 4.31. The van der Waals surface area contributed by atoms with Crippen LogP contribution >= 0.6 is 11.5 Å².